The van der Waals surface area contributed by atoms with Crippen molar-refractivity contribution in [3.05, 3.63) is 66.7 Å². The minimum atomic E-state index is -3.56. The van der Waals surface area contributed by atoms with Crippen LogP contribution in [0.1, 0.15) is 12.5 Å². The molecule has 0 radical (unpaired) electrons. The van der Waals surface area contributed by atoms with Gasteiger partial charge in [0.25, 0.3) is 0 Å². The molecule has 0 unspecified atom stereocenters. The molecule has 0 aliphatic heterocycles. The summed E-state index contributed by atoms with van der Waals surface area (Å²) in [5, 5.41) is 5.04. The van der Waals surface area contributed by atoms with Crippen LogP contribution in [-0.2, 0) is 16.4 Å². The number of aromatic nitrogens is 2. The van der Waals surface area contributed by atoms with E-state index in [9.17, 15) is 8.42 Å². The lowest BCUT2D eigenvalue weighted by Gasteiger charge is -2.15. The van der Waals surface area contributed by atoms with Gasteiger partial charge in [0.1, 0.15) is 0 Å². The summed E-state index contributed by atoms with van der Waals surface area (Å²) in [6.45, 7) is 3.16. The highest BCUT2D eigenvalue weighted by Crippen LogP contribution is 2.18. The van der Waals surface area contributed by atoms with Gasteiger partial charge in [-0.15, -0.1) is 12.4 Å². The summed E-state index contributed by atoms with van der Waals surface area (Å²) in [5.74, 6) is 0. The van der Waals surface area contributed by atoms with Gasteiger partial charge < -0.3 is 5.32 Å². The van der Waals surface area contributed by atoms with Gasteiger partial charge in [-0.3, -0.25) is 9.97 Å². The summed E-state index contributed by atoms with van der Waals surface area (Å²) >= 11 is 0. The molecule has 0 fully saturated rings. The SMILES string of the molecule is C[C@H](CNCCc1cccnc1)NS(=O)(=O)c1ccc2cnccc2c1.Cl. The van der Waals surface area contributed by atoms with Crippen LogP contribution < -0.4 is 10.0 Å². The fourth-order valence-corrected chi connectivity index (χ4v) is 3.98. The first-order valence-electron chi connectivity index (χ1n) is 8.50. The number of rotatable bonds is 8. The van der Waals surface area contributed by atoms with E-state index in [1.807, 2.05) is 25.3 Å². The van der Waals surface area contributed by atoms with Gasteiger partial charge in [-0.05, 0) is 55.1 Å². The Labute approximate surface area is 165 Å². The van der Waals surface area contributed by atoms with Gasteiger partial charge in [-0.25, -0.2) is 13.1 Å². The third kappa shape index (κ3) is 5.97. The molecule has 0 bridgehead atoms. The molecule has 1 atom stereocenters. The minimum Gasteiger partial charge on any atom is -0.315 e. The zero-order valence-corrected chi connectivity index (χ0v) is 16.6. The highest BCUT2D eigenvalue weighted by Gasteiger charge is 2.17. The van der Waals surface area contributed by atoms with Gasteiger partial charge in [-0.2, -0.15) is 0 Å². The molecule has 2 heterocycles. The molecule has 27 heavy (non-hydrogen) atoms. The first kappa shape index (κ1) is 21.2. The van der Waals surface area contributed by atoms with Crippen LogP contribution in [0, 0.1) is 0 Å². The van der Waals surface area contributed by atoms with Gasteiger partial charge >= 0.3 is 0 Å². The fraction of sp³-hybridized carbons (Fsp3) is 0.263. The van der Waals surface area contributed by atoms with E-state index in [2.05, 4.69) is 20.0 Å². The second-order valence-electron chi connectivity index (χ2n) is 6.22. The first-order chi connectivity index (χ1) is 12.5. The van der Waals surface area contributed by atoms with E-state index in [4.69, 9.17) is 0 Å². The highest BCUT2D eigenvalue weighted by atomic mass is 35.5. The van der Waals surface area contributed by atoms with Gasteiger partial charge in [0.15, 0.2) is 0 Å². The lowest BCUT2D eigenvalue weighted by Crippen LogP contribution is -2.40. The largest absolute Gasteiger partial charge is 0.315 e. The molecule has 0 aliphatic carbocycles. The molecular weight excluding hydrogens is 384 g/mol. The molecule has 3 aromatic rings. The van der Waals surface area contributed by atoms with E-state index in [0.29, 0.717) is 6.54 Å². The quantitative estimate of drug-likeness (QED) is 0.561. The highest BCUT2D eigenvalue weighted by molar-refractivity contribution is 7.89. The summed E-state index contributed by atoms with van der Waals surface area (Å²) in [7, 11) is -3.56. The van der Waals surface area contributed by atoms with Crippen LogP contribution in [0.4, 0.5) is 0 Å². The summed E-state index contributed by atoms with van der Waals surface area (Å²) in [6.07, 6.45) is 7.81. The second kappa shape index (κ2) is 9.75. The molecule has 0 spiro atoms. The smallest absolute Gasteiger partial charge is 0.240 e. The molecule has 8 heteroatoms. The predicted molar refractivity (Wildman–Crippen MR) is 110 cm³/mol. The Hall–Kier alpha value is -2.06. The van der Waals surface area contributed by atoms with Crippen LogP contribution >= 0.6 is 12.4 Å². The summed E-state index contributed by atoms with van der Waals surface area (Å²) in [5.41, 5.74) is 1.15. The van der Waals surface area contributed by atoms with Crippen LogP contribution in [0.2, 0.25) is 0 Å². The first-order valence-corrected chi connectivity index (χ1v) is 9.99. The van der Waals surface area contributed by atoms with Crippen molar-refractivity contribution in [1.82, 2.24) is 20.0 Å². The molecule has 0 saturated carbocycles. The average molecular weight is 407 g/mol. The third-order valence-corrected chi connectivity index (χ3v) is 5.63. The van der Waals surface area contributed by atoms with Crippen molar-refractivity contribution in [2.75, 3.05) is 13.1 Å². The average Bonchev–Trinajstić information content (AvgIpc) is 2.65. The van der Waals surface area contributed by atoms with E-state index in [1.165, 1.54) is 0 Å². The number of halogens is 1. The van der Waals surface area contributed by atoms with Crippen molar-refractivity contribution in [2.24, 2.45) is 0 Å². The van der Waals surface area contributed by atoms with Gasteiger partial charge in [0, 0.05) is 42.8 Å². The summed E-state index contributed by atoms with van der Waals surface area (Å²) in [6, 6.07) is 10.6. The predicted octanol–water partition coefficient (Wildman–Crippen LogP) is 2.55. The number of sulfonamides is 1. The van der Waals surface area contributed by atoms with Crippen LogP contribution in [-0.4, -0.2) is 37.5 Å². The van der Waals surface area contributed by atoms with Crippen molar-refractivity contribution in [3.8, 4) is 0 Å². The number of nitrogens with one attached hydrogen (secondary N) is 2. The molecule has 1 aromatic carbocycles. The Morgan fingerprint density at radius 1 is 1.04 bits per heavy atom. The maximum Gasteiger partial charge on any atom is 0.240 e. The minimum absolute atomic E-state index is 0. The zero-order valence-electron chi connectivity index (χ0n) is 15.0. The molecule has 2 N–H and O–H groups in total. The van der Waals surface area contributed by atoms with Gasteiger partial charge in [-0.1, -0.05) is 12.1 Å². The molecule has 2 aromatic heterocycles. The molecule has 0 amide bonds. The topological polar surface area (TPSA) is 84.0 Å². The van der Waals surface area contributed by atoms with Crippen LogP contribution in [0.5, 0.6) is 0 Å². The van der Waals surface area contributed by atoms with Crippen molar-refractivity contribution in [2.45, 2.75) is 24.3 Å². The van der Waals surface area contributed by atoms with E-state index < -0.39 is 10.0 Å². The molecular formula is C19H23ClN4O2S. The second-order valence-corrected chi connectivity index (χ2v) is 7.94. The Balaban J connectivity index is 0.00000261. The van der Waals surface area contributed by atoms with E-state index >= 15 is 0 Å². The number of fused-ring (bicyclic) bond motifs is 1. The van der Waals surface area contributed by atoms with Gasteiger partial charge in [0.05, 0.1) is 4.90 Å². The number of pyridine rings is 2. The van der Waals surface area contributed by atoms with Crippen molar-refractivity contribution in [3.63, 3.8) is 0 Å². The van der Waals surface area contributed by atoms with Crippen LogP contribution in [0.25, 0.3) is 10.8 Å². The lowest BCUT2D eigenvalue weighted by atomic mass is 10.2. The molecule has 144 valence electrons. The van der Waals surface area contributed by atoms with Gasteiger partial charge in [0.2, 0.25) is 10.0 Å². The summed E-state index contributed by atoms with van der Waals surface area (Å²) < 4.78 is 27.9. The normalized spacial score (nSPS) is 12.5. The van der Waals surface area contributed by atoms with E-state index in [0.717, 1.165) is 29.3 Å². The Morgan fingerprint density at radius 2 is 1.85 bits per heavy atom. The van der Waals surface area contributed by atoms with E-state index in [1.54, 1.807) is 42.9 Å². The number of nitrogens with zero attached hydrogens (tertiary/aromatic N) is 2. The lowest BCUT2D eigenvalue weighted by molar-refractivity contribution is 0.537. The maximum atomic E-state index is 12.6. The summed E-state index contributed by atoms with van der Waals surface area (Å²) in [4.78, 5) is 8.38. The molecule has 0 saturated heterocycles. The van der Waals surface area contributed by atoms with Crippen molar-refractivity contribution < 1.29 is 8.42 Å². The van der Waals surface area contributed by atoms with E-state index in [-0.39, 0.29) is 23.3 Å². The molecule has 3 rings (SSSR count). The molecule has 0 aliphatic rings. The zero-order chi connectivity index (χ0) is 18.4. The number of hydrogen-bond acceptors (Lipinski definition) is 5. The standard InChI is InChI=1S/C19H22N4O2S.ClH/c1-15(12-21-9-6-16-3-2-8-20-13-16)23-26(24,25)19-5-4-18-14-22-10-7-17(18)11-19;/h2-5,7-8,10-11,13-15,21,23H,6,9,12H2,1H3;1H/t15-;/m1./s1. The Bertz CT molecular complexity index is 968. The molecule has 6 nitrogen and oxygen atoms in total. The Kier molecular flexibility index (Phi) is 7.67. The number of benzene rings is 1. The third-order valence-electron chi connectivity index (χ3n) is 4.04. The van der Waals surface area contributed by atoms with Crippen molar-refractivity contribution >= 4 is 33.2 Å². The van der Waals surface area contributed by atoms with Crippen molar-refractivity contribution in [1.29, 1.82) is 0 Å². The fourth-order valence-electron chi connectivity index (χ4n) is 2.70. The van der Waals surface area contributed by atoms with Crippen LogP contribution in [0.3, 0.4) is 0 Å². The number of hydrogen-bond donors (Lipinski definition) is 2. The Morgan fingerprint density at radius 3 is 2.63 bits per heavy atom. The maximum absolute atomic E-state index is 12.6. The monoisotopic (exact) mass is 406 g/mol. The van der Waals surface area contributed by atoms with Crippen LogP contribution in [0.15, 0.2) is 66.1 Å².